The molecule has 2 aromatic heterocycles. The molecule has 0 aromatic carbocycles. The van der Waals surface area contributed by atoms with Crippen molar-refractivity contribution in [1.82, 2.24) is 24.6 Å². The molecule has 0 saturated carbocycles. The van der Waals surface area contributed by atoms with Crippen molar-refractivity contribution in [2.75, 3.05) is 49.1 Å². The Labute approximate surface area is 208 Å². The maximum Gasteiger partial charge on any atom is 0.433 e. The number of hydrogen-bond acceptors (Lipinski definition) is 7. The van der Waals surface area contributed by atoms with Crippen LogP contribution < -0.4 is 9.62 Å². The number of halogens is 3. The highest BCUT2D eigenvalue weighted by Crippen LogP contribution is 2.34. The summed E-state index contributed by atoms with van der Waals surface area (Å²) in [6, 6.07) is 4.25. The van der Waals surface area contributed by atoms with E-state index in [0.717, 1.165) is 50.4 Å². The summed E-state index contributed by atoms with van der Waals surface area (Å²) in [5.41, 5.74) is -0.247. The zero-order valence-electron chi connectivity index (χ0n) is 20.3. The molecule has 0 bridgehead atoms. The first-order valence-corrected chi connectivity index (χ1v) is 13.0. The van der Waals surface area contributed by atoms with Crippen molar-refractivity contribution in [3.8, 4) is 0 Å². The van der Waals surface area contributed by atoms with Crippen LogP contribution in [0.15, 0.2) is 24.4 Å². The lowest BCUT2D eigenvalue weighted by molar-refractivity contribution is -0.141. The fourth-order valence-corrected chi connectivity index (χ4v) is 5.02. The zero-order valence-corrected chi connectivity index (χ0v) is 21.1. The summed E-state index contributed by atoms with van der Waals surface area (Å²) in [4.78, 5) is 22.8. The monoisotopic (exact) mass is 511 g/mol. The normalized spacial score (nSPS) is 18.4. The molecule has 1 N–H and O–H groups in total. The lowest BCUT2D eigenvalue weighted by Gasteiger charge is -2.45. The van der Waals surface area contributed by atoms with Gasteiger partial charge in [0, 0.05) is 62.3 Å². The highest BCUT2D eigenvalue weighted by Gasteiger charge is 2.37. The predicted molar refractivity (Wildman–Crippen MR) is 132 cm³/mol. The molecule has 192 valence electrons. The first-order valence-electron chi connectivity index (χ1n) is 11.8. The topological polar surface area (TPSA) is 69.5 Å². The minimum absolute atomic E-state index is 0.160. The van der Waals surface area contributed by atoms with Crippen LogP contribution in [0.3, 0.4) is 0 Å². The lowest BCUT2D eigenvalue weighted by Crippen LogP contribution is -2.53. The molecule has 1 amide bonds. The molecule has 0 radical (unpaired) electrons. The number of nitrogens with zero attached hydrogens (tertiary/aromatic N) is 6. The molecule has 2 aliphatic heterocycles. The maximum atomic E-state index is 13.3. The lowest BCUT2D eigenvalue weighted by atomic mass is 9.87. The molecular formula is C23H32F3N7OS. The third-order valence-electron chi connectivity index (χ3n) is 7.08. The third kappa shape index (κ3) is 5.69. The van der Waals surface area contributed by atoms with Gasteiger partial charge in [0.15, 0.2) is 5.82 Å². The minimum Gasteiger partial charge on any atom is -0.356 e. The summed E-state index contributed by atoms with van der Waals surface area (Å²) in [6.07, 6.45) is 2.49. The van der Waals surface area contributed by atoms with E-state index in [1.54, 1.807) is 23.2 Å². The zero-order chi connectivity index (χ0) is 25.2. The van der Waals surface area contributed by atoms with Crippen molar-refractivity contribution >= 4 is 29.6 Å². The number of carbonyl (C=O) groups is 1. The second kappa shape index (κ2) is 10.3. The van der Waals surface area contributed by atoms with Crippen molar-refractivity contribution < 1.29 is 18.0 Å². The molecule has 0 unspecified atom stereocenters. The Morgan fingerprint density at radius 1 is 1.17 bits per heavy atom. The average molecular weight is 512 g/mol. The number of pyridine rings is 1. The number of rotatable bonds is 6. The molecule has 2 fully saturated rings. The standard InChI is InChI=1S/C23H32F3N7OS/c1-22(9-14-32(15-10-22)21(34)33-13-8-19(28-33)29-35-3)30(2)16-17-6-7-18(23(24,25)26)27-20(17)31-11-4-5-12-31/h6-8,13H,4-5,9-12,14-16H2,1-3H3,(H,28,29). The maximum absolute atomic E-state index is 13.3. The van der Waals surface area contributed by atoms with Gasteiger partial charge < -0.3 is 14.5 Å². The van der Waals surface area contributed by atoms with E-state index in [1.807, 2.05) is 18.2 Å². The Balaban J connectivity index is 1.43. The largest absolute Gasteiger partial charge is 0.433 e. The van der Waals surface area contributed by atoms with Crippen LogP contribution in [0.25, 0.3) is 0 Å². The van der Waals surface area contributed by atoms with E-state index >= 15 is 0 Å². The van der Waals surface area contributed by atoms with Crippen molar-refractivity contribution in [2.24, 2.45) is 0 Å². The van der Waals surface area contributed by atoms with E-state index in [4.69, 9.17) is 0 Å². The van der Waals surface area contributed by atoms with Gasteiger partial charge in [0.05, 0.1) is 0 Å². The van der Waals surface area contributed by atoms with Gasteiger partial charge in [0.2, 0.25) is 0 Å². The fraction of sp³-hybridized carbons (Fsp3) is 0.609. The first-order chi connectivity index (χ1) is 16.6. The van der Waals surface area contributed by atoms with Crippen LogP contribution in [0.5, 0.6) is 0 Å². The van der Waals surface area contributed by atoms with Crippen molar-refractivity contribution in [3.05, 3.63) is 35.7 Å². The number of amides is 1. The summed E-state index contributed by atoms with van der Waals surface area (Å²) < 4.78 is 44.4. The smallest absolute Gasteiger partial charge is 0.356 e. The molecule has 12 heteroatoms. The quantitative estimate of drug-likeness (QED) is 0.571. The van der Waals surface area contributed by atoms with Crippen LogP contribution in [-0.4, -0.2) is 75.6 Å². The summed E-state index contributed by atoms with van der Waals surface area (Å²) in [7, 11) is 2.00. The summed E-state index contributed by atoms with van der Waals surface area (Å²) in [6.45, 7) is 5.24. The van der Waals surface area contributed by atoms with E-state index < -0.39 is 11.9 Å². The summed E-state index contributed by atoms with van der Waals surface area (Å²) in [5.74, 6) is 1.07. The summed E-state index contributed by atoms with van der Waals surface area (Å²) >= 11 is 1.41. The van der Waals surface area contributed by atoms with Gasteiger partial charge in [-0.05, 0) is 45.7 Å². The highest BCUT2D eigenvalue weighted by molar-refractivity contribution is 7.99. The molecule has 8 nitrogen and oxygen atoms in total. The fourth-order valence-electron chi connectivity index (χ4n) is 4.70. The van der Waals surface area contributed by atoms with E-state index in [-0.39, 0.29) is 11.6 Å². The third-order valence-corrected chi connectivity index (χ3v) is 7.50. The number of hydrogen-bond donors (Lipinski definition) is 1. The molecule has 0 spiro atoms. The number of aromatic nitrogens is 3. The molecule has 4 rings (SSSR count). The Hall–Kier alpha value is -2.47. The van der Waals surface area contributed by atoms with E-state index in [2.05, 4.69) is 26.6 Å². The highest BCUT2D eigenvalue weighted by atomic mass is 32.2. The predicted octanol–water partition coefficient (Wildman–Crippen LogP) is 4.54. The molecular weight excluding hydrogens is 479 g/mol. The Kier molecular flexibility index (Phi) is 7.51. The number of likely N-dealkylation sites (tertiary alicyclic amines) is 1. The van der Waals surface area contributed by atoms with Crippen LogP contribution in [0.4, 0.5) is 29.6 Å². The average Bonchev–Trinajstić information content (AvgIpc) is 3.51. The Morgan fingerprint density at radius 2 is 1.86 bits per heavy atom. The van der Waals surface area contributed by atoms with E-state index in [1.165, 1.54) is 16.6 Å². The Morgan fingerprint density at radius 3 is 2.49 bits per heavy atom. The van der Waals surface area contributed by atoms with Gasteiger partial charge in [0.1, 0.15) is 11.5 Å². The van der Waals surface area contributed by atoms with Gasteiger partial charge in [0.25, 0.3) is 0 Å². The first kappa shape index (κ1) is 25.6. The van der Waals surface area contributed by atoms with Crippen molar-refractivity contribution in [2.45, 2.75) is 50.9 Å². The summed E-state index contributed by atoms with van der Waals surface area (Å²) in [5, 5.41) is 4.27. The van der Waals surface area contributed by atoms with Gasteiger partial charge >= 0.3 is 12.2 Å². The van der Waals surface area contributed by atoms with Crippen LogP contribution in [0.2, 0.25) is 0 Å². The molecule has 4 heterocycles. The van der Waals surface area contributed by atoms with Gasteiger partial charge in [-0.1, -0.05) is 18.0 Å². The molecule has 2 aromatic rings. The number of nitrogens with one attached hydrogen (secondary N) is 1. The molecule has 0 aliphatic carbocycles. The molecule has 35 heavy (non-hydrogen) atoms. The van der Waals surface area contributed by atoms with Gasteiger partial charge in [-0.2, -0.15) is 17.9 Å². The van der Waals surface area contributed by atoms with Crippen molar-refractivity contribution in [1.29, 1.82) is 0 Å². The van der Waals surface area contributed by atoms with Crippen LogP contribution in [0.1, 0.15) is 43.9 Å². The molecule has 0 atom stereocenters. The second-order valence-electron chi connectivity index (χ2n) is 9.45. The molecule has 2 aliphatic rings. The SMILES string of the molecule is CSNc1ccn(C(=O)N2CCC(C)(N(C)Cc3ccc(C(F)(F)F)nc3N3CCCC3)CC2)n1. The van der Waals surface area contributed by atoms with E-state index in [0.29, 0.717) is 31.3 Å². The van der Waals surface area contributed by atoms with E-state index in [9.17, 15) is 18.0 Å². The number of anilines is 2. The van der Waals surface area contributed by atoms with Crippen LogP contribution >= 0.6 is 11.9 Å². The number of carbonyl (C=O) groups excluding carboxylic acids is 1. The number of piperidine rings is 1. The second-order valence-corrected chi connectivity index (χ2v) is 10.1. The molecule has 2 saturated heterocycles. The van der Waals surface area contributed by atoms with Crippen molar-refractivity contribution in [3.63, 3.8) is 0 Å². The minimum atomic E-state index is -4.47. The van der Waals surface area contributed by atoms with Crippen LogP contribution in [0, 0.1) is 0 Å². The van der Waals surface area contributed by atoms with Crippen LogP contribution in [-0.2, 0) is 12.7 Å². The van der Waals surface area contributed by atoms with Gasteiger partial charge in [-0.3, -0.25) is 4.90 Å². The van der Waals surface area contributed by atoms with Gasteiger partial charge in [-0.25, -0.2) is 9.78 Å². The Bertz CT molecular complexity index is 1030. The number of alkyl halides is 3. The van der Waals surface area contributed by atoms with Gasteiger partial charge in [-0.15, -0.1) is 5.10 Å².